The van der Waals surface area contributed by atoms with Crippen molar-refractivity contribution < 1.29 is 0 Å². The van der Waals surface area contributed by atoms with Crippen LogP contribution in [-0.2, 0) is 6.54 Å². The molecule has 0 aliphatic carbocycles. The SMILES string of the molecule is CN(C)C(C)(C)CNCc1cc[nH]c1. The molecule has 1 aromatic heterocycles. The highest BCUT2D eigenvalue weighted by atomic mass is 15.2. The Hall–Kier alpha value is -0.800. The zero-order chi connectivity index (χ0) is 10.6. The normalized spacial score (nSPS) is 12.4. The highest BCUT2D eigenvalue weighted by molar-refractivity contribution is 5.07. The van der Waals surface area contributed by atoms with Crippen molar-refractivity contribution in [2.24, 2.45) is 0 Å². The third-order valence-corrected chi connectivity index (χ3v) is 2.76. The number of aromatic amines is 1. The van der Waals surface area contributed by atoms with Crippen molar-refractivity contribution in [2.45, 2.75) is 25.9 Å². The second-order valence-corrected chi connectivity index (χ2v) is 4.53. The van der Waals surface area contributed by atoms with E-state index >= 15 is 0 Å². The maximum absolute atomic E-state index is 3.45. The Kier molecular flexibility index (Phi) is 3.72. The Morgan fingerprint density at radius 2 is 2.14 bits per heavy atom. The van der Waals surface area contributed by atoms with E-state index in [0.717, 1.165) is 13.1 Å². The van der Waals surface area contributed by atoms with Crippen molar-refractivity contribution in [3.05, 3.63) is 24.0 Å². The first-order valence-electron chi connectivity index (χ1n) is 5.02. The Bertz CT molecular complexity index is 250. The molecule has 1 rings (SSSR count). The van der Waals surface area contributed by atoms with Crippen LogP contribution in [0.15, 0.2) is 18.5 Å². The number of likely N-dealkylation sites (N-methyl/N-ethyl adjacent to an activating group) is 1. The molecule has 14 heavy (non-hydrogen) atoms. The third-order valence-electron chi connectivity index (χ3n) is 2.76. The van der Waals surface area contributed by atoms with Gasteiger partial charge in [-0.25, -0.2) is 0 Å². The molecule has 0 bridgehead atoms. The van der Waals surface area contributed by atoms with Crippen molar-refractivity contribution in [3.8, 4) is 0 Å². The first-order chi connectivity index (χ1) is 6.52. The van der Waals surface area contributed by atoms with Crippen LogP contribution in [0.25, 0.3) is 0 Å². The van der Waals surface area contributed by atoms with Gasteiger partial charge < -0.3 is 15.2 Å². The van der Waals surface area contributed by atoms with Crippen molar-refractivity contribution in [2.75, 3.05) is 20.6 Å². The lowest BCUT2D eigenvalue weighted by atomic mass is 10.0. The summed E-state index contributed by atoms with van der Waals surface area (Å²) >= 11 is 0. The molecule has 0 amide bonds. The van der Waals surface area contributed by atoms with Gasteiger partial charge in [0.05, 0.1) is 0 Å². The summed E-state index contributed by atoms with van der Waals surface area (Å²) in [7, 11) is 4.22. The molecule has 2 N–H and O–H groups in total. The van der Waals surface area contributed by atoms with E-state index < -0.39 is 0 Å². The van der Waals surface area contributed by atoms with Crippen molar-refractivity contribution in [1.82, 2.24) is 15.2 Å². The molecule has 0 spiro atoms. The van der Waals surface area contributed by atoms with Gasteiger partial charge in [0.25, 0.3) is 0 Å². The molecule has 1 aromatic rings. The van der Waals surface area contributed by atoms with E-state index in [2.05, 4.69) is 49.2 Å². The minimum absolute atomic E-state index is 0.205. The molecule has 0 aliphatic rings. The van der Waals surface area contributed by atoms with E-state index in [9.17, 15) is 0 Å². The number of hydrogen-bond acceptors (Lipinski definition) is 2. The highest BCUT2D eigenvalue weighted by Crippen LogP contribution is 2.08. The van der Waals surface area contributed by atoms with Crippen LogP contribution in [0.4, 0.5) is 0 Å². The molecule has 0 atom stereocenters. The van der Waals surface area contributed by atoms with Crippen LogP contribution in [-0.4, -0.2) is 36.1 Å². The van der Waals surface area contributed by atoms with Gasteiger partial charge in [-0.15, -0.1) is 0 Å². The number of aromatic nitrogens is 1. The van der Waals surface area contributed by atoms with Gasteiger partial charge in [0.2, 0.25) is 0 Å². The van der Waals surface area contributed by atoms with Crippen LogP contribution in [0, 0.1) is 0 Å². The standard InChI is InChI=1S/C11H21N3/c1-11(2,14(3)4)9-13-8-10-5-6-12-7-10/h5-7,12-13H,8-9H2,1-4H3. The molecule has 3 heteroatoms. The van der Waals surface area contributed by atoms with Crippen LogP contribution >= 0.6 is 0 Å². The minimum atomic E-state index is 0.205. The number of rotatable bonds is 5. The number of H-pyrrole nitrogens is 1. The maximum Gasteiger partial charge on any atom is 0.0271 e. The van der Waals surface area contributed by atoms with Gasteiger partial charge in [-0.3, -0.25) is 0 Å². The van der Waals surface area contributed by atoms with Gasteiger partial charge in [-0.1, -0.05) is 0 Å². The number of nitrogens with zero attached hydrogens (tertiary/aromatic N) is 1. The largest absolute Gasteiger partial charge is 0.367 e. The summed E-state index contributed by atoms with van der Waals surface area (Å²) in [6.45, 7) is 6.39. The highest BCUT2D eigenvalue weighted by Gasteiger charge is 2.19. The molecule has 0 aromatic carbocycles. The molecule has 0 radical (unpaired) electrons. The Labute approximate surface area is 86.5 Å². The van der Waals surface area contributed by atoms with E-state index in [1.807, 2.05) is 12.4 Å². The quantitative estimate of drug-likeness (QED) is 0.745. The summed E-state index contributed by atoms with van der Waals surface area (Å²) in [5.74, 6) is 0. The molecular formula is C11H21N3. The predicted octanol–water partition coefficient (Wildman–Crippen LogP) is 1.44. The Morgan fingerprint density at radius 3 is 2.64 bits per heavy atom. The molecule has 80 valence electrons. The van der Waals surface area contributed by atoms with Crippen molar-refractivity contribution >= 4 is 0 Å². The van der Waals surface area contributed by atoms with Crippen LogP contribution in [0.2, 0.25) is 0 Å². The maximum atomic E-state index is 3.45. The van der Waals surface area contributed by atoms with E-state index in [-0.39, 0.29) is 5.54 Å². The summed E-state index contributed by atoms with van der Waals surface area (Å²) in [4.78, 5) is 5.28. The van der Waals surface area contributed by atoms with Gasteiger partial charge in [0.1, 0.15) is 0 Å². The Balaban J connectivity index is 2.28. The second kappa shape index (κ2) is 4.62. The van der Waals surface area contributed by atoms with Crippen molar-refractivity contribution in [3.63, 3.8) is 0 Å². The van der Waals surface area contributed by atoms with Gasteiger partial charge in [-0.2, -0.15) is 0 Å². The molecule has 3 nitrogen and oxygen atoms in total. The molecule has 1 heterocycles. The van der Waals surface area contributed by atoms with Gasteiger partial charge in [-0.05, 0) is 39.6 Å². The Morgan fingerprint density at radius 1 is 1.43 bits per heavy atom. The number of nitrogens with one attached hydrogen (secondary N) is 2. The lowest BCUT2D eigenvalue weighted by Crippen LogP contribution is -2.46. The average molecular weight is 195 g/mol. The smallest absolute Gasteiger partial charge is 0.0271 e. The van der Waals surface area contributed by atoms with Gasteiger partial charge >= 0.3 is 0 Å². The summed E-state index contributed by atoms with van der Waals surface area (Å²) in [6, 6.07) is 2.09. The summed E-state index contributed by atoms with van der Waals surface area (Å²) in [5, 5.41) is 3.45. The summed E-state index contributed by atoms with van der Waals surface area (Å²) < 4.78 is 0. The van der Waals surface area contributed by atoms with Crippen molar-refractivity contribution in [1.29, 1.82) is 0 Å². The van der Waals surface area contributed by atoms with Gasteiger partial charge in [0, 0.05) is 31.0 Å². The third kappa shape index (κ3) is 3.16. The molecule has 0 fully saturated rings. The van der Waals surface area contributed by atoms with E-state index in [1.165, 1.54) is 5.56 Å². The van der Waals surface area contributed by atoms with Crippen LogP contribution in [0.1, 0.15) is 19.4 Å². The monoisotopic (exact) mass is 195 g/mol. The van der Waals surface area contributed by atoms with E-state index in [4.69, 9.17) is 0 Å². The number of hydrogen-bond donors (Lipinski definition) is 2. The molecular weight excluding hydrogens is 174 g/mol. The fourth-order valence-corrected chi connectivity index (χ4v) is 1.14. The molecule has 0 saturated heterocycles. The van der Waals surface area contributed by atoms with E-state index in [0.29, 0.717) is 0 Å². The fraction of sp³-hybridized carbons (Fsp3) is 0.636. The zero-order valence-corrected chi connectivity index (χ0v) is 9.59. The minimum Gasteiger partial charge on any atom is -0.367 e. The average Bonchev–Trinajstić information content (AvgIpc) is 2.56. The summed E-state index contributed by atoms with van der Waals surface area (Å²) in [6.07, 6.45) is 3.98. The molecule has 0 aliphatic heterocycles. The summed E-state index contributed by atoms with van der Waals surface area (Å²) in [5.41, 5.74) is 1.51. The first-order valence-corrected chi connectivity index (χ1v) is 5.02. The van der Waals surface area contributed by atoms with Gasteiger partial charge in [0.15, 0.2) is 0 Å². The lowest BCUT2D eigenvalue weighted by Gasteiger charge is -2.32. The zero-order valence-electron chi connectivity index (χ0n) is 9.59. The molecule has 0 saturated carbocycles. The first kappa shape index (κ1) is 11.3. The van der Waals surface area contributed by atoms with E-state index in [1.54, 1.807) is 0 Å². The lowest BCUT2D eigenvalue weighted by molar-refractivity contribution is 0.190. The fourth-order valence-electron chi connectivity index (χ4n) is 1.14. The second-order valence-electron chi connectivity index (χ2n) is 4.53. The van der Waals surface area contributed by atoms with Crippen LogP contribution in [0.5, 0.6) is 0 Å². The topological polar surface area (TPSA) is 31.1 Å². The van der Waals surface area contributed by atoms with Crippen LogP contribution < -0.4 is 5.32 Å². The predicted molar refractivity (Wildman–Crippen MR) is 60.3 cm³/mol. The molecule has 0 unspecified atom stereocenters. The van der Waals surface area contributed by atoms with Crippen LogP contribution in [0.3, 0.4) is 0 Å².